The van der Waals surface area contributed by atoms with Crippen molar-refractivity contribution in [2.24, 2.45) is 5.92 Å². The molecule has 1 saturated heterocycles. The van der Waals surface area contributed by atoms with Crippen LogP contribution in [0.3, 0.4) is 0 Å². The Kier molecular flexibility index (Phi) is 5.71. The maximum atomic E-state index is 12.8. The number of anilines is 1. The average molecular weight is 386 g/mol. The fourth-order valence-electron chi connectivity index (χ4n) is 3.55. The number of nitriles is 1. The molecule has 7 nitrogen and oxygen atoms in total. The van der Waals surface area contributed by atoms with Gasteiger partial charge in [-0.2, -0.15) is 5.26 Å². The fraction of sp³-hybridized carbons (Fsp3) is 0.474. The summed E-state index contributed by atoms with van der Waals surface area (Å²) in [5.74, 6) is 0.0624. The first-order valence-corrected chi connectivity index (χ1v) is 9.96. The van der Waals surface area contributed by atoms with Gasteiger partial charge in [0.2, 0.25) is 5.91 Å². The number of imide groups is 1. The highest BCUT2D eigenvalue weighted by Gasteiger charge is 2.52. The summed E-state index contributed by atoms with van der Waals surface area (Å²) in [5, 5.41) is 14.3. The van der Waals surface area contributed by atoms with Crippen LogP contribution in [0.15, 0.2) is 29.2 Å². The zero-order valence-corrected chi connectivity index (χ0v) is 16.0. The highest BCUT2D eigenvalue weighted by Crippen LogP contribution is 2.36. The molecule has 1 spiro atoms. The minimum atomic E-state index is -0.843. The van der Waals surface area contributed by atoms with Crippen molar-refractivity contribution in [1.29, 1.82) is 5.26 Å². The number of rotatable bonds is 5. The van der Waals surface area contributed by atoms with Gasteiger partial charge in [-0.3, -0.25) is 14.5 Å². The molecule has 4 amide bonds. The van der Waals surface area contributed by atoms with E-state index >= 15 is 0 Å². The summed E-state index contributed by atoms with van der Waals surface area (Å²) in [5.41, 5.74) is -0.277. The number of urea groups is 1. The van der Waals surface area contributed by atoms with Crippen molar-refractivity contribution >= 4 is 35.3 Å². The lowest BCUT2D eigenvalue weighted by Crippen LogP contribution is -2.49. The Balaban J connectivity index is 1.66. The molecular weight excluding hydrogens is 364 g/mol. The molecule has 0 atom stereocenters. The van der Waals surface area contributed by atoms with Gasteiger partial charge in [0.25, 0.3) is 5.91 Å². The summed E-state index contributed by atoms with van der Waals surface area (Å²) in [4.78, 5) is 39.4. The summed E-state index contributed by atoms with van der Waals surface area (Å²) in [7, 11) is 0. The van der Waals surface area contributed by atoms with E-state index in [1.54, 1.807) is 12.1 Å². The van der Waals surface area contributed by atoms with Gasteiger partial charge in [0.05, 0.1) is 17.5 Å². The highest BCUT2D eigenvalue weighted by molar-refractivity contribution is 7.99. The van der Waals surface area contributed by atoms with Crippen molar-refractivity contribution in [2.75, 3.05) is 17.6 Å². The zero-order chi connectivity index (χ0) is 19.4. The van der Waals surface area contributed by atoms with Gasteiger partial charge < -0.3 is 10.6 Å². The smallest absolute Gasteiger partial charge is 0.324 e. The number of nitrogens with zero attached hydrogens (tertiary/aromatic N) is 2. The van der Waals surface area contributed by atoms with Crippen molar-refractivity contribution in [3.05, 3.63) is 24.3 Å². The molecule has 1 aliphatic carbocycles. The van der Waals surface area contributed by atoms with E-state index in [1.807, 2.05) is 18.2 Å². The van der Waals surface area contributed by atoms with Crippen LogP contribution in [0.1, 0.15) is 32.6 Å². The third-order valence-electron chi connectivity index (χ3n) is 5.13. The van der Waals surface area contributed by atoms with Crippen molar-refractivity contribution in [3.8, 4) is 6.07 Å². The Labute approximate surface area is 162 Å². The molecule has 2 aliphatic rings. The normalized spacial score (nSPS) is 24.6. The number of hydrogen-bond acceptors (Lipinski definition) is 5. The molecule has 2 fully saturated rings. The second-order valence-electron chi connectivity index (χ2n) is 7.08. The van der Waals surface area contributed by atoms with Gasteiger partial charge in [0, 0.05) is 4.90 Å². The number of amides is 4. The molecule has 0 aromatic heterocycles. The number of hydrogen-bond donors (Lipinski definition) is 2. The zero-order valence-electron chi connectivity index (χ0n) is 15.2. The van der Waals surface area contributed by atoms with E-state index < -0.39 is 17.5 Å². The number of carbonyl (C=O) groups is 3. The molecule has 1 saturated carbocycles. The van der Waals surface area contributed by atoms with E-state index in [1.165, 1.54) is 11.8 Å². The minimum Gasteiger partial charge on any atom is -0.324 e. The molecule has 2 N–H and O–H groups in total. The van der Waals surface area contributed by atoms with E-state index in [9.17, 15) is 14.4 Å². The molecule has 1 aliphatic heterocycles. The maximum absolute atomic E-state index is 12.8. The third-order valence-corrected chi connectivity index (χ3v) is 6.07. The lowest BCUT2D eigenvalue weighted by molar-refractivity contribution is -0.135. The predicted molar refractivity (Wildman–Crippen MR) is 102 cm³/mol. The topological polar surface area (TPSA) is 102 Å². The van der Waals surface area contributed by atoms with Gasteiger partial charge in [-0.05, 0) is 43.7 Å². The van der Waals surface area contributed by atoms with Crippen molar-refractivity contribution in [3.63, 3.8) is 0 Å². The van der Waals surface area contributed by atoms with Crippen LogP contribution in [0.2, 0.25) is 0 Å². The maximum Gasteiger partial charge on any atom is 0.325 e. The van der Waals surface area contributed by atoms with E-state index in [4.69, 9.17) is 5.26 Å². The molecule has 1 aromatic rings. The molecule has 8 heteroatoms. The summed E-state index contributed by atoms with van der Waals surface area (Å²) in [6.07, 6.45) is 3.00. The Morgan fingerprint density at radius 1 is 1.37 bits per heavy atom. The summed E-state index contributed by atoms with van der Waals surface area (Å²) >= 11 is 1.31. The van der Waals surface area contributed by atoms with Crippen LogP contribution in [0.4, 0.5) is 10.5 Å². The SMILES string of the molecule is CC1CCC2(CC1)NC(=O)N(CC(=O)Nc1ccccc1SCC#N)C2=O. The average Bonchev–Trinajstić information content (AvgIpc) is 2.88. The number of nitrogens with one attached hydrogen (secondary N) is 2. The van der Waals surface area contributed by atoms with Gasteiger partial charge >= 0.3 is 6.03 Å². The molecular formula is C19H22N4O3S. The first kappa shape index (κ1) is 19.2. The largest absolute Gasteiger partial charge is 0.325 e. The van der Waals surface area contributed by atoms with Crippen molar-refractivity contribution < 1.29 is 14.4 Å². The lowest BCUT2D eigenvalue weighted by atomic mass is 9.77. The van der Waals surface area contributed by atoms with Crippen LogP contribution in [-0.2, 0) is 9.59 Å². The van der Waals surface area contributed by atoms with E-state index in [-0.39, 0.29) is 18.2 Å². The van der Waals surface area contributed by atoms with Crippen LogP contribution in [0, 0.1) is 17.2 Å². The third kappa shape index (κ3) is 4.08. The van der Waals surface area contributed by atoms with Gasteiger partial charge in [0.15, 0.2) is 0 Å². The van der Waals surface area contributed by atoms with Crippen LogP contribution in [0.25, 0.3) is 0 Å². The Hall–Kier alpha value is -2.53. The van der Waals surface area contributed by atoms with Crippen LogP contribution in [0.5, 0.6) is 0 Å². The Morgan fingerprint density at radius 2 is 2.07 bits per heavy atom. The lowest BCUT2D eigenvalue weighted by Gasteiger charge is -2.33. The van der Waals surface area contributed by atoms with Crippen LogP contribution in [-0.4, -0.2) is 40.6 Å². The molecule has 0 bridgehead atoms. The minimum absolute atomic E-state index is 0.265. The van der Waals surface area contributed by atoms with Gasteiger partial charge in [0.1, 0.15) is 12.1 Å². The molecule has 1 aromatic carbocycles. The molecule has 142 valence electrons. The molecule has 27 heavy (non-hydrogen) atoms. The fourth-order valence-corrected chi connectivity index (χ4v) is 4.22. The van der Waals surface area contributed by atoms with E-state index in [0.717, 1.165) is 22.6 Å². The van der Waals surface area contributed by atoms with E-state index in [2.05, 4.69) is 17.6 Å². The van der Waals surface area contributed by atoms with Gasteiger partial charge in [-0.25, -0.2) is 4.79 Å². The number of para-hydroxylation sites is 1. The van der Waals surface area contributed by atoms with E-state index in [0.29, 0.717) is 24.4 Å². The van der Waals surface area contributed by atoms with Crippen LogP contribution >= 0.6 is 11.8 Å². The molecule has 1 heterocycles. The Bertz CT molecular complexity index is 796. The second kappa shape index (κ2) is 8.01. The first-order chi connectivity index (χ1) is 12.9. The quantitative estimate of drug-likeness (QED) is 0.598. The highest BCUT2D eigenvalue weighted by atomic mass is 32.2. The number of carbonyl (C=O) groups excluding carboxylic acids is 3. The monoisotopic (exact) mass is 386 g/mol. The summed E-state index contributed by atoms with van der Waals surface area (Å²) in [6.45, 7) is 1.82. The van der Waals surface area contributed by atoms with Gasteiger partial charge in [-0.15, -0.1) is 11.8 Å². The second-order valence-corrected chi connectivity index (χ2v) is 8.09. The van der Waals surface area contributed by atoms with Gasteiger partial charge in [-0.1, -0.05) is 19.1 Å². The van der Waals surface area contributed by atoms with Crippen molar-refractivity contribution in [2.45, 2.75) is 43.0 Å². The first-order valence-electron chi connectivity index (χ1n) is 8.98. The molecule has 0 unspecified atom stereocenters. The Morgan fingerprint density at radius 3 is 2.78 bits per heavy atom. The standard InChI is InChI=1S/C19H22N4O3S/c1-13-6-8-19(9-7-13)17(25)23(18(26)22-19)12-16(24)21-14-4-2-3-5-15(14)27-11-10-20/h2-5,13H,6-9,11-12H2,1H3,(H,21,24)(H,22,26). The summed E-state index contributed by atoms with van der Waals surface area (Å²) < 4.78 is 0. The molecule has 3 rings (SSSR count). The predicted octanol–water partition coefficient (Wildman–Crippen LogP) is 2.74. The molecule has 0 radical (unpaired) electrons. The van der Waals surface area contributed by atoms with Crippen molar-refractivity contribution in [1.82, 2.24) is 10.2 Å². The summed E-state index contributed by atoms with van der Waals surface area (Å²) in [6, 6.07) is 8.68. The number of benzene rings is 1. The number of thioether (sulfide) groups is 1. The van der Waals surface area contributed by atoms with Crippen LogP contribution < -0.4 is 10.6 Å².